The third kappa shape index (κ3) is 1.97. The molecule has 0 aliphatic carbocycles. The van der Waals surface area contributed by atoms with E-state index in [4.69, 9.17) is 0 Å². The molecule has 2 aromatic heterocycles. The van der Waals surface area contributed by atoms with Crippen molar-refractivity contribution in [2.45, 2.75) is 13.0 Å². The molecule has 0 bridgehead atoms. The lowest BCUT2D eigenvalue weighted by Gasteiger charge is -2.21. The van der Waals surface area contributed by atoms with E-state index in [0.29, 0.717) is 0 Å². The summed E-state index contributed by atoms with van der Waals surface area (Å²) in [6.07, 6.45) is 2.94. The fourth-order valence-electron chi connectivity index (χ4n) is 2.77. The van der Waals surface area contributed by atoms with Gasteiger partial charge in [-0.3, -0.25) is 0 Å². The first-order valence-corrected chi connectivity index (χ1v) is 7.70. The molecule has 0 fully saturated rings. The first-order valence-electron chi connectivity index (χ1n) is 6.82. The molecular formula is C16H15N3S. The Balaban J connectivity index is 1.78. The van der Waals surface area contributed by atoms with Crippen LogP contribution >= 0.6 is 11.3 Å². The maximum absolute atomic E-state index is 4.50. The highest BCUT2D eigenvalue weighted by Gasteiger charge is 2.13. The van der Waals surface area contributed by atoms with Crippen LogP contribution in [0.4, 0.5) is 11.5 Å². The smallest absolute Gasteiger partial charge is 0.139 e. The van der Waals surface area contributed by atoms with Crippen molar-refractivity contribution in [1.29, 1.82) is 0 Å². The van der Waals surface area contributed by atoms with Gasteiger partial charge in [-0.15, -0.1) is 11.3 Å². The Morgan fingerprint density at radius 3 is 3.20 bits per heavy atom. The van der Waals surface area contributed by atoms with Crippen molar-refractivity contribution in [1.82, 2.24) is 10.3 Å². The number of rotatable bonds is 2. The first-order chi connectivity index (χ1) is 9.92. The molecule has 1 aliphatic heterocycles. The van der Waals surface area contributed by atoms with Crippen LogP contribution in [-0.4, -0.2) is 11.5 Å². The Bertz CT molecular complexity index is 763. The monoisotopic (exact) mass is 281 g/mol. The molecule has 0 saturated carbocycles. The maximum atomic E-state index is 4.50. The van der Waals surface area contributed by atoms with Gasteiger partial charge in [0.25, 0.3) is 0 Å². The standard InChI is InChI=1S/C16H15N3S/c1-2-11-10-17-7-4-12(11)14(3-1)19-16-13-6-9-20-15(13)5-8-18-16/h1-3,5-6,8-9,17H,4,7,10H2,(H,18,19). The number of nitrogens with zero attached hydrogens (tertiary/aromatic N) is 1. The van der Waals surface area contributed by atoms with E-state index in [1.807, 2.05) is 6.20 Å². The van der Waals surface area contributed by atoms with Crippen LogP contribution in [0.3, 0.4) is 0 Å². The summed E-state index contributed by atoms with van der Waals surface area (Å²) in [6.45, 7) is 2.00. The molecule has 0 atom stereocenters. The second-order valence-electron chi connectivity index (χ2n) is 4.99. The Labute approximate surface area is 121 Å². The average molecular weight is 281 g/mol. The number of anilines is 2. The summed E-state index contributed by atoms with van der Waals surface area (Å²) in [5.74, 6) is 0.954. The SMILES string of the molecule is c1cc2c(c(Nc3nccc4sccc34)c1)CCNC2. The van der Waals surface area contributed by atoms with Gasteiger partial charge >= 0.3 is 0 Å². The molecule has 3 aromatic rings. The Hall–Kier alpha value is -1.91. The van der Waals surface area contributed by atoms with Gasteiger partial charge in [0.1, 0.15) is 5.82 Å². The molecule has 4 rings (SSSR count). The zero-order valence-electron chi connectivity index (χ0n) is 11.0. The summed E-state index contributed by atoms with van der Waals surface area (Å²) in [4.78, 5) is 4.50. The van der Waals surface area contributed by atoms with E-state index in [1.165, 1.54) is 26.9 Å². The van der Waals surface area contributed by atoms with Gasteiger partial charge in [-0.2, -0.15) is 0 Å². The summed E-state index contributed by atoms with van der Waals surface area (Å²) >= 11 is 1.75. The van der Waals surface area contributed by atoms with Crippen molar-refractivity contribution in [3.05, 3.63) is 53.0 Å². The molecule has 0 spiro atoms. The minimum Gasteiger partial charge on any atom is -0.339 e. The molecule has 3 heterocycles. The predicted molar refractivity (Wildman–Crippen MR) is 84.8 cm³/mol. The Morgan fingerprint density at radius 2 is 2.20 bits per heavy atom. The molecule has 100 valence electrons. The minimum absolute atomic E-state index is 0.954. The summed E-state index contributed by atoms with van der Waals surface area (Å²) in [7, 11) is 0. The number of aromatic nitrogens is 1. The largest absolute Gasteiger partial charge is 0.339 e. The molecule has 1 aromatic carbocycles. The fraction of sp³-hybridized carbons (Fsp3) is 0.188. The Kier molecular flexibility index (Phi) is 2.90. The number of fused-ring (bicyclic) bond motifs is 2. The lowest BCUT2D eigenvalue weighted by molar-refractivity contribution is 0.645. The molecule has 4 heteroatoms. The van der Waals surface area contributed by atoms with Gasteiger partial charge in [0.2, 0.25) is 0 Å². The highest BCUT2D eigenvalue weighted by molar-refractivity contribution is 7.17. The van der Waals surface area contributed by atoms with Crippen molar-refractivity contribution in [3.63, 3.8) is 0 Å². The number of hydrogen-bond donors (Lipinski definition) is 2. The number of hydrogen-bond acceptors (Lipinski definition) is 4. The van der Waals surface area contributed by atoms with Crippen LogP contribution in [0.5, 0.6) is 0 Å². The van der Waals surface area contributed by atoms with Crippen molar-refractivity contribution >= 4 is 32.9 Å². The molecule has 20 heavy (non-hydrogen) atoms. The van der Waals surface area contributed by atoms with Gasteiger partial charge in [0, 0.05) is 28.5 Å². The van der Waals surface area contributed by atoms with E-state index in [2.05, 4.69) is 51.3 Å². The minimum atomic E-state index is 0.954. The topological polar surface area (TPSA) is 37.0 Å². The van der Waals surface area contributed by atoms with E-state index in [1.54, 1.807) is 11.3 Å². The third-order valence-electron chi connectivity index (χ3n) is 3.77. The summed E-state index contributed by atoms with van der Waals surface area (Å²) in [5, 5.41) is 10.3. The molecule has 3 nitrogen and oxygen atoms in total. The molecule has 0 radical (unpaired) electrons. The number of thiophene rings is 1. The zero-order valence-corrected chi connectivity index (χ0v) is 11.8. The normalized spacial score (nSPS) is 14.2. The predicted octanol–water partition coefficient (Wildman–Crippen LogP) is 3.69. The van der Waals surface area contributed by atoms with E-state index < -0.39 is 0 Å². The van der Waals surface area contributed by atoms with Crippen LogP contribution in [0, 0.1) is 0 Å². The van der Waals surface area contributed by atoms with Gasteiger partial charge in [0.15, 0.2) is 0 Å². The molecule has 0 unspecified atom stereocenters. The van der Waals surface area contributed by atoms with Crippen LogP contribution in [0.15, 0.2) is 41.9 Å². The van der Waals surface area contributed by atoms with E-state index in [9.17, 15) is 0 Å². The van der Waals surface area contributed by atoms with Gasteiger partial charge in [0.05, 0.1) is 0 Å². The fourth-order valence-corrected chi connectivity index (χ4v) is 3.55. The number of nitrogens with one attached hydrogen (secondary N) is 2. The highest BCUT2D eigenvalue weighted by Crippen LogP contribution is 2.30. The maximum Gasteiger partial charge on any atom is 0.139 e. The van der Waals surface area contributed by atoms with E-state index in [0.717, 1.165) is 25.3 Å². The summed E-state index contributed by atoms with van der Waals surface area (Å²) < 4.78 is 1.27. The van der Waals surface area contributed by atoms with Crippen LogP contribution < -0.4 is 10.6 Å². The zero-order chi connectivity index (χ0) is 13.4. The lowest BCUT2D eigenvalue weighted by atomic mass is 9.99. The summed E-state index contributed by atoms with van der Waals surface area (Å²) in [6, 6.07) is 10.7. The number of benzene rings is 1. The van der Waals surface area contributed by atoms with Gasteiger partial charge in [-0.05, 0) is 47.7 Å². The van der Waals surface area contributed by atoms with Crippen molar-refractivity contribution in [3.8, 4) is 0 Å². The van der Waals surface area contributed by atoms with Crippen LogP contribution in [0.2, 0.25) is 0 Å². The van der Waals surface area contributed by atoms with Crippen molar-refractivity contribution < 1.29 is 0 Å². The van der Waals surface area contributed by atoms with Crippen LogP contribution in [0.25, 0.3) is 10.1 Å². The molecule has 0 amide bonds. The van der Waals surface area contributed by atoms with Gasteiger partial charge in [-0.25, -0.2) is 4.98 Å². The number of pyridine rings is 1. The first kappa shape index (κ1) is 11.9. The molecule has 2 N–H and O–H groups in total. The van der Waals surface area contributed by atoms with Crippen molar-refractivity contribution in [2.75, 3.05) is 11.9 Å². The quantitative estimate of drug-likeness (QED) is 0.752. The summed E-state index contributed by atoms with van der Waals surface area (Å²) in [5.41, 5.74) is 3.99. The molecular weight excluding hydrogens is 266 g/mol. The van der Waals surface area contributed by atoms with E-state index >= 15 is 0 Å². The second kappa shape index (κ2) is 4.89. The van der Waals surface area contributed by atoms with Gasteiger partial charge in [-0.1, -0.05) is 12.1 Å². The lowest BCUT2D eigenvalue weighted by Crippen LogP contribution is -2.24. The molecule has 0 saturated heterocycles. The second-order valence-corrected chi connectivity index (χ2v) is 5.93. The van der Waals surface area contributed by atoms with Crippen LogP contribution in [-0.2, 0) is 13.0 Å². The Morgan fingerprint density at radius 1 is 1.20 bits per heavy atom. The van der Waals surface area contributed by atoms with E-state index in [-0.39, 0.29) is 0 Å². The molecule has 1 aliphatic rings. The van der Waals surface area contributed by atoms with Crippen LogP contribution in [0.1, 0.15) is 11.1 Å². The van der Waals surface area contributed by atoms with Crippen molar-refractivity contribution in [2.24, 2.45) is 0 Å². The highest BCUT2D eigenvalue weighted by atomic mass is 32.1. The average Bonchev–Trinajstić information content (AvgIpc) is 2.97. The third-order valence-corrected chi connectivity index (χ3v) is 4.66. The van der Waals surface area contributed by atoms with Gasteiger partial charge < -0.3 is 10.6 Å².